The number of nitrogens with zero attached hydrogens (tertiary/aromatic N) is 3. The van der Waals surface area contributed by atoms with Crippen molar-refractivity contribution in [3.05, 3.63) is 35.5 Å². The summed E-state index contributed by atoms with van der Waals surface area (Å²) < 4.78 is 1.82. The van der Waals surface area contributed by atoms with E-state index in [0.29, 0.717) is 18.0 Å². The minimum atomic E-state index is -0.164. The highest BCUT2D eigenvalue weighted by molar-refractivity contribution is 6.30. The number of benzene rings is 1. The number of hydrogen-bond acceptors (Lipinski definition) is 4. The van der Waals surface area contributed by atoms with Gasteiger partial charge in [0.15, 0.2) is 0 Å². The average Bonchev–Trinajstić information content (AvgIpc) is 3.16. The van der Waals surface area contributed by atoms with Gasteiger partial charge in [-0.2, -0.15) is 0 Å². The van der Waals surface area contributed by atoms with Crippen LogP contribution >= 0.6 is 24.0 Å². The molecule has 0 aliphatic carbocycles. The molecule has 1 amide bonds. The number of hydrogen-bond donors (Lipinski definition) is 2. The SMILES string of the molecule is CNC(=O)[C@@H]1C[C@@H](n2cc(-c3ccc(Cl)cc3)nn2)CN1.Cl. The van der Waals surface area contributed by atoms with E-state index in [-0.39, 0.29) is 30.4 Å². The molecule has 2 N–H and O–H groups in total. The molecule has 118 valence electrons. The quantitative estimate of drug-likeness (QED) is 0.890. The summed E-state index contributed by atoms with van der Waals surface area (Å²) in [6.45, 7) is 0.710. The lowest BCUT2D eigenvalue weighted by Crippen LogP contribution is -2.38. The Bertz CT molecular complexity index is 643. The van der Waals surface area contributed by atoms with Crippen molar-refractivity contribution in [2.75, 3.05) is 13.6 Å². The van der Waals surface area contributed by atoms with Crippen LogP contribution in [0.2, 0.25) is 5.02 Å². The van der Waals surface area contributed by atoms with E-state index in [0.717, 1.165) is 11.3 Å². The third kappa shape index (κ3) is 3.40. The van der Waals surface area contributed by atoms with Crippen molar-refractivity contribution in [2.24, 2.45) is 0 Å². The largest absolute Gasteiger partial charge is 0.358 e. The van der Waals surface area contributed by atoms with Crippen molar-refractivity contribution < 1.29 is 4.79 Å². The Morgan fingerprint density at radius 1 is 1.41 bits per heavy atom. The molecule has 1 fully saturated rings. The summed E-state index contributed by atoms with van der Waals surface area (Å²) in [6.07, 6.45) is 2.62. The number of halogens is 2. The van der Waals surface area contributed by atoms with Crippen molar-refractivity contribution in [2.45, 2.75) is 18.5 Å². The smallest absolute Gasteiger partial charge is 0.236 e. The predicted octanol–water partition coefficient (Wildman–Crippen LogP) is 1.67. The van der Waals surface area contributed by atoms with Gasteiger partial charge in [0, 0.05) is 24.2 Å². The normalized spacial score (nSPS) is 20.5. The minimum Gasteiger partial charge on any atom is -0.358 e. The zero-order valence-electron chi connectivity index (χ0n) is 12.0. The second-order valence-corrected chi connectivity index (χ2v) is 5.49. The molecule has 6 nitrogen and oxygen atoms in total. The average molecular weight is 342 g/mol. The van der Waals surface area contributed by atoms with E-state index >= 15 is 0 Å². The van der Waals surface area contributed by atoms with Gasteiger partial charge in [0.2, 0.25) is 5.91 Å². The lowest BCUT2D eigenvalue weighted by molar-refractivity contribution is -0.122. The van der Waals surface area contributed by atoms with Gasteiger partial charge in [-0.25, -0.2) is 4.68 Å². The lowest BCUT2D eigenvalue weighted by Gasteiger charge is -2.08. The van der Waals surface area contributed by atoms with Crippen molar-refractivity contribution in [1.29, 1.82) is 0 Å². The third-order valence-corrected chi connectivity index (χ3v) is 3.95. The van der Waals surface area contributed by atoms with Crippen molar-refractivity contribution >= 4 is 29.9 Å². The van der Waals surface area contributed by atoms with E-state index in [2.05, 4.69) is 20.9 Å². The summed E-state index contributed by atoms with van der Waals surface area (Å²) >= 11 is 5.88. The monoisotopic (exact) mass is 341 g/mol. The molecule has 0 bridgehead atoms. The number of likely N-dealkylation sites (N-methyl/N-ethyl adjacent to an activating group) is 1. The molecule has 0 unspecified atom stereocenters. The van der Waals surface area contributed by atoms with Crippen LogP contribution in [0.4, 0.5) is 0 Å². The second-order valence-electron chi connectivity index (χ2n) is 5.06. The molecule has 22 heavy (non-hydrogen) atoms. The summed E-state index contributed by atoms with van der Waals surface area (Å²) in [5.74, 6) is 0.00976. The predicted molar refractivity (Wildman–Crippen MR) is 87.2 cm³/mol. The Morgan fingerprint density at radius 3 is 2.82 bits per heavy atom. The van der Waals surface area contributed by atoms with Crippen molar-refractivity contribution in [1.82, 2.24) is 25.6 Å². The summed E-state index contributed by atoms with van der Waals surface area (Å²) in [7, 11) is 1.64. The van der Waals surface area contributed by atoms with E-state index in [1.165, 1.54) is 0 Å². The molecule has 2 aromatic rings. The summed E-state index contributed by atoms with van der Waals surface area (Å²) in [4.78, 5) is 11.6. The van der Waals surface area contributed by atoms with Crippen LogP contribution in [-0.4, -0.2) is 40.5 Å². The van der Waals surface area contributed by atoms with E-state index < -0.39 is 0 Å². The Morgan fingerprint density at radius 2 is 2.14 bits per heavy atom. The third-order valence-electron chi connectivity index (χ3n) is 3.69. The molecule has 2 atom stereocenters. The zero-order chi connectivity index (χ0) is 14.8. The second kappa shape index (κ2) is 7.09. The van der Waals surface area contributed by atoms with Crippen LogP contribution in [0.1, 0.15) is 12.5 Å². The summed E-state index contributed by atoms with van der Waals surface area (Å²) in [5.41, 5.74) is 1.77. The van der Waals surface area contributed by atoms with Gasteiger partial charge < -0.3 is 10.6 Å². The molecular formula is C14H17Cl2N5O. The topological polar surface area (TPSA) is 71.8 Å². The Balaban J connectivity index is 0.00000176. The maximum absolute atomic E-state index is 11.6. The zero-order valence-corrected chi connectivity index (χ0v) is 13.6. The molecule has 1 aliphatic heterocycles. The molecule has 1 aromatic heterocycles. The standard InChI is InChI=1S/C14H16ClN5O.ClH/c1-16-14(21)12-6-11(7-17-12)20-8-13(18-19-20)9-2-4-10(15)5-3-9;/h2-5,8,11-12,17H,6-7H2,1H3,(H,16,21);1H/t11-,12+;/m1./s1. The molecule has 1 aromatic carbocycles. The maximum atomic E-state index is 11.6. The number of carbonyl (C=O) groups is 1. The Kier molecular flexibility index (Phi) is 5.39. The minimum absolute atomic E-state index is 0. The van der Waals surface area contributed by atoms with Crippen molar-refractivity contribution in [3.8, 4) is 11.3 Å². The van der Waals surface area contributed by atoms with Crippen LogP contribution in [0.25, 0.3) is 11.3 Å². The van der Waals surface area contributed by atoms with Crippen LogP contribution in [0.3, 0.4) is 0 Å². The van der Waals surface area contributed by atoms with Gasteiger partial charge in [-0.3, -0.25) is 4.79 Å². The number of rotatable bonds is 3. The molecule has 8 heteroatoms. The first-order valence-corrected chi connectivity index (χ1v) is 7.18. The molecule has 0 spiro atoms. The van der Waals surface area contributed by atoms with E-state index in [1.54, 1.807) is 7.05 Å². The molecule has 3 rings (SSSR count). The maximum Gasteiger partial charge on any atom is 0.236 e. The lowest BCUT2D eigenvalue weighted by atomic mass is 10.1. The fourth-order valence-corrected chi connectivity index (χ4v) is 2.63. The van der Waals surface area contributed by atoms with E-state index in [4.69, 9.17) is 11.6 Å². The number of aromatic nitrogens is 3. The van der Waals surface area contributed by atoms with Gasteiger partial charge in [0.05, 0.1) is 18.3 Å². The van der Waals surface area contributed by atoms with Gasteiger partial charge in [0.1, 0.15) is 5.69 Å². The van der Waals surface area contributed by atoms with Crippen LogP contribution < -0.4 is 10.6 Å². The van der Waals surface area contributed by atoms with Gasteiger partial charge >= 0.3 is 0 Å². The molecular weight excluding hydrogens is 325 g/mol. The van der Waals surface area contributed by atoms with Crippen LogP contribution in [-0.2, 0) is 4.79 Å². The highest BCUT2D eigenvalue weighted by Gasteiger charge is 2.30. The van der Waals surface area contributed by atoms with E-state index in [9.17, 15) is 4.79 Å². The molecule has 1 saturated heterocycles. The number of amides is 1. The molecule has 0 radical (unpaired) electrons. The van der Waals surface area contributed by atoms with Gasteiger partial charge in [0.25, 0.3) is 0 Å². The number of nitrogens with one attached hydrogen (secondary N) is 2. The molecule has 0 saturated carbocycles. The van der Waals surface area contributed by atoms with Crippen molar-refractivity contribution in [3.63, 3.8) is 0 Å². The first-order chi connectivity index (χ1) is 10.2. The fourth-order valence-electron chi connectivity index (χ4n) is 2.50. The first kappa shape index (κ1) is 16.7. The van der Waals surface area contributed by atoms with Gasteiger partial charge in [-0.15, -0.1) is 17.5 Å². The Labute approximate surface area is 139 Å². The highest BCUT2D eigenvalue weighted by atomic mass is 35.5. The summed E-state index contributed by atoms with van der Waals surface area (Å²) in [6, 6.07) is 7.46. The summed E-state index contributed by atoms with van der Waals surface area (Å²) in [5, 5.41) is 14.9. The fraction of sp³-hybridized carbons (Fsp3) is 0.357. The van der Waals surface area contributed by atoms with Crippen LogP contribution in [0.15, 0.2) is 30.5 Å². The van der Waals surface area contributed by atoms with Gasteiger partial charge in [-0.05, 0) is 18.6 Å². The highest BCUT2D eigenvalue weighted by Crippen LogP contribution is 2.23. The Hall–Kier alpha value is -1.63. The molecule has 2 heterocycles. The van der Waals surface area contributed by atoms with Crippen LogP contribution in [0, 0.1) is 0 Å². The molecule has 1 aliphatic rings. The first-order valence-electron chi connectivity index (χ1n) is 6.80. The van der Waals surface area contributed by atoms with E-state index in [1.807, 2.05) is 35.1 Å². The van der Waals surface area contributed by atoms with Crippen LogP contribution in [0.5, 0.6) is 0 Å². The number of carbonyl (C=O) groups excluding carboxylic acids is 1. The van der Waals surface area contributed by atoms with Gasteiger partial charge in [-0.1, -0.05) is 28.9 Å².